The summed E-state index contributed by atoms with van der Waals surface area (Å²) in [6.45, 7) is 6.75. The molecule has 2 heterocycles. The van der Waals surface area contributed by atoms with Crippen molar-refractivity contribution in [1.29, 1.82) is 0 Å². The van der Waals surface area contributed by atoms with Crippen molar-refractivity contribution < 1.29 is 126 Å². The number of nitrogens with one attached hydrogen (secondary N) is 13. The topological polar surface area (TPSA) is 682 Å². The zero-order chi connectivity index (χ0) is 85.8. The molecule has 14 atom stereocenters. The summed E-state index contributed by atoms with van der Waals surface area (Å²) >= 11 is 0. The van der Waals surface area contributed by atoms with E-state index in [0.717, 1.165) is 47.3 Å². The van der Waals surface area contributed by atoms with Crippen molar-refractivity contribution in [3.8, 4) is 0 Å². The number of rotatable bonds is 36. The largest absolute Gasteiger partial charge is 0.481 e. The number of benzene rings is 1. The van der Waals surface area contributed by atoms with Crippen molar-refractivity contribution in [1.82, 2.24) is 73.7 Å². The second-order valence-corrected chi connectivity index (χ2v) is 27.9. The molecule has 0 radical (unpaired) electrons. The number of para-hydroxylation sites is 1. The summed E-state index contributed by atoms with van der Waals surface area (Å²) in [5.74, 6) is -28.3. The lowest BCUT2D eigenvalue weighted by Crippen LogP contribution is -2.62. The second-order valence-electron chi connectivity index (χ2n) is 27.9. The van der Waals surface area contributed by atoms with Crippen molar-refractivity contribution in [3.63, 3.8) is 0 Å². The number of hydrogen-bond acceptors (Lipinski definition) is 23. The van der Waals surface area contributed by atoms with Gasteiger partial charge in [0.25, 0.3) is 0 Å². The maximum Gasteiger partial charge on any atom is 0.335 e. The van der Waals surface area contributed by atoms with E-state index in [1.807, 2.05) is 5.32 Å². The molecule has 0 spiro atoms. The molecule has 2 aromatic rings. The summed E-state index contributed by atoms with van der Waals surface area (Å²) in [5, 5.41) is 67.2. The van der Waals surface area contributed by atoms with E-state index in [4.69, 9.17) is 26.7 Å². The summed E-state index contributed by atoms with van der Waals surface area (Å²) in [6, 6.07) is -15.1. The Morgan fingerprint density at radius 1 is 0.605 bits per heavy atom. The van der Waals surface area contributed by atoms with Crippen molar-refractivity contribution in [2.45, 2.75) is 229 Å². The number of aromatic amines is 1. The maximum atomic E-state index is 14.9. The van der Waals surface area contributed by atoms with Crippen LogP contribution in [0.15, 0.2) is 30.5 Å². The molecule has 0 saturated carbocycles. The molecule has 1 saturated heterocycles. The first-order valence-electron chi connectivity index (χ1n) is 36.9. The van der Waals surface area contributed by atoms with Gasteiger partial charge in [0.05, 0.1) is 38.8 Å². The van der Waals surface area contributed by atoms with E-state index in [9.17, 15) is 116 Å². The van der Waals surface area contributed by atoms with Gasteiger partial charge in [-0.3, -0.25) is 86.3 Å². The third-order valence-corrected chi connectivity index (χ3v) is 18.1. The van der Waals surface area contributed by atoms with Crippen LogP contribution in [-0.2, 0) is 112 Å². The lowest BCUT2D eigenvalue weighted by Gasteiger charge is -2.32. The molecular weight excluding hydrogens is 1510 g/mol. The van der Waals surface area contributed by atoms with Crippen LogP contribution in [0, 0.1) is 11.8 Å². The minimum atomic E-state index is -2.31. The Hall–Kier alpha value is -11.9. The standard InChI is InChI=1S/C71H107N17O26/c1-9-35(4)56-71(112)114-37(6)57(86-67(107)47(30-55(98)99)84-65(105)45(28-49(74)90)83-63(103)43(26-38-31-75-40-20-15-14-19-39(38)40)78-50(91)22-13-11-10-12-18-34(2)3)69(109)88(7)33-52(93)77-36(5)60(100)82-46(29-54(96)97)66(106)80-41(21-16-17-25-72)61(101)87-58(59(113-8)70(110)111)68(108)76-32-51(92)79-44(27-48(73)89)64(104)81-42(62(102)85-56)23-24-53(94)95/h14-15,19-20,31,34-37,41-47,56-59,75H,9-13,16-18,21-30,32-33,72H2,1-8H3,(H2,73,89)(H2,74,90)(H,76,108)(H,77,93)(H,78,91)(H,79,92)(H,80,106)(H,81,104)(H,82,100)(H,83,103)(H,84,105)(H,85,102)(H,86,107)(H,87,101)(H,94,95)(H,96,97)(H,98,99)(H,110,111). The Balaban J connectivity index is 2.25. The van der Waals surface area contributed by atoms with Crippen molar-refractivity contribution in [2.75, 3.05) is 33.8 Å². The first-order chi connectivity index (χ1) is 53.6. The molecule has 1 aliphatic rings. The zero-order valence-electron chi connectivity index (χ0n) is 64.6. The number of unbranched alkanes of at least 4 members (excludes halogenated alkanes) is 4. The highest BCUT2D eigenvalue weighted by Crippen LogP contribution is 2.21. The van der Waals surface area contributed by atoms with Gasteiger partial charge < -0.3 is 121 Å². The number of carbonyl (C=O) groups is 20. The number of hydrogen-bond donors (Lipinski definition) is 20. The maximum absolute atomic E-state index is 14.9. The van der Waals surface area contributed by atoms with Crippen LogP contribution in [-0.4, -0.2) is 261 Å². The first kappa shape index (κ1) is 96.3. The van der Waals surface area contributed by atoms with E-state index in [-0.39, 0.29) is 45.1 Å². The van der Waals surface area contributed by atoms with Gasteiger partial charge in [-0.05, 0) is 76.0 Å². The van der Waals surface area contributed by atoms with Crippen molar-refractivity contribution in [3.05, 3.63) is 36.0 Å². The number of esters is 1. The van der Waals surface area contributed by atoms with E-state index >= 15 is 0 Å². The quantitative estimate of drug-likeness (QED) is 0.0223. The van der Waals surface area contributed by atoms with Crippen LogP contribution in [0.2, 0.25) is 0 Å². The number of likely N-dealkylation sites (N-methyl/N-ethyl adjacent to an activating group) is 1. The van der Waals surface area contributed by atoms with Crippen LogP contribution < -0.4 is 81.0 Å². The number of carboxylic acid groups (broad SMARTS) is 4. The van der Waals surface area contributed by atoms with Gasteiger partial charge in [0, 0.05) is 50.5 Å². The minimum absolute atomic E-state index is 0.00754. The average Bonchev–Trinajstić information content (AvgIpc) is 1.09. The lowest BCUT2D eigenvalue weighted by atomic mass is 9.98. The van der Waals surface area contributed by atoms with Gasteiger partial charge in [-0.1, -0.05) is 78.0 Å². The van der Waals surface area contributed by atoms with Crippen LogP contribution >= 0.6 is 0 Å². The number of H-pyrrole nitrogens is 1. The Bertz CT molecular complexity index is 3800. The first-order valence-corrected chi connectivity index (χ1v) is 36.9. The molecule has 14 unspecified atom stereocenters. The van der Waals surface area contributed by atoms with E-state index in [1.54, 1.807) is 30.5 Å². The molecule has 632 valence electrons. The average molecular weight is 1610 g/mol. The van der Waals surface area contributed by atoms with Gasteiger partial charge in [-0.25, -0.2) is 9.59 Å². The van der Waals surface area contributed by atoms with Gasteiger partial charge in [0.15, 0.2) is 6.10 Å². The Morgan fingerprint density at radius 3 is 1.75 bits per heavy atom. The molecular formula is C71H107N17O26. The number of nitrogens with two attached hydrogens (primary N) is 3. The molecule has 15 amide bonds. The normalized spacial score (nSPS) is 21.7. The fourth-order valence-corrected chi connectivity index (χ4v) is 11.7. The lowest BCUT2D eigenvalue weighted by molar-refractivity contribution is -0.159. The Labute approximate surface area is 654 Å². The van der Waals surface area contributed by atoms with E-state index in [1.165, 1.54) is 13.8 Å². The summed E-state index contributed by atoms with van der Waals surface area (Å²) in [4.78, 5) is 277. The molecule has 1 aromatic carbocycles. The smallest absolute Gasteiger partial charge is 0.335 e. The molecule has 114 heavy (non-hydrogen) atoms. The predicted molar refractivity (Wildman–Crippen MR) is 397 cm³/mol. The number of cyclic esters (lactones) is 1. The molecule has 1 aliphatic heterocycles. The number of aliphatic carboxylic acids is 4. The van der Waals surface area contributed by atoms with Crippen LogP contribution in [0.3, 0.4) is 0 Å². The SMILES string of the molecule is CCC(C)C1NC(=O)C(CCC(=O)O)NC(=O)C(CC(N)=O)NC(=O)CNC(=O)C(C(OC)C(=O)O)NC(=O)C(CCCCN)NC(=O)C(CC(=O)O)NC(=O)C(C)NC(=O)CN(C)C(=O)C(NC(=O)C(CC(=O)O)NC(=O)C(CC(N)=O)NC(=O)C(Cc2c[nH]c3ccccc23)NC(=O)CCCCCCC(C)C)C(C)OC1=O. The fourth-order valence-electron chi connectivity index (χ4n) is 11.7. The van der Waals surface area contributed by atoms with E-state index < -0.39 is 255 Å². The highest BCUT2D eigenvalue weighted by Gasteiger charge is 2.43. The summed E-state index contributed by atoms with van der Waals surface area (Å²) in [7, 11) is 1.73. The van der Waals surface area contributed by atoms with Gasteiger partial charge in [0.1, 0.15) is 72.6 Å². The molecule has 23 N–H and O–H groups in total. The number of ether oxygens (including phenoxy) is 2. The highest BCUT2D eigenvalue weighted by atomic mass is 16.5. The summed E-state index contributed by atoms with van der Waals surface area (Å²) < 4.78 is 10.7. The molecule has 0 aliphatic carbocycles. The van der Waals surface area contributed by atoms with Crippen molar-refractivity contribution in [2.24, 2.45) is 29.0 Å². The Kier molecular flexibility index (Phi) is 40.6. The number of aromatic nitrogens is 1. The van der Waals surface area contributed by atoms with E-state index in [2.05, 4.69) is 77.3 Å². The summed E-state index contributed by atoms with van der Waals surface area (Å²) in [5.41, 5.74) is 17.8. The number of carboxylic acids is 4. The number of fused-ring (bicyclic) bond motifs is 1. The number of carbonyl (C=O) groups excluding carboxylic acids is 16. The van der Waals surface area contributed by atoms with E-state index in [0.29, 0.717) is 40.1 Å². The van der Waals surface area contributed by atoms with Crippen LogP contribution in [0.1, 0.15) is 150 Å². The number of nitrogens with zero attached hydrogens (tertiary/aromatic N) is 1. The van der Waals surface area contributed by atoms with Gasteiger partial charge in [-0.2, -0.15) is 0 Å². The molecule has 1 aromatic heterocycles. The fraction of sp³-hybridized carbons (Fsp3) is 0.606. The molecule has 43 nitrogen and oxygen atoms in total. The molecule has 0 bridgehead atoms. The third-order valence-electron chi connectivity index (χ3n) is 18.1. The van der Waals surface area contributed by atoms with Gasteiger partial charge in [0.2, 0.25) is 88.6 Å². The highest BCUT2D eigenvalue weighted by molar-refractivity contribution is 6.02. The number of methoxy groups -OCH3 is 1. The monoisotopic (exact) mass is 1610 g/mol. The molecule has 3 rings (SSSR count). The van der Waals surface area contributed by atoms with Crippen LogP contribution in [0.25, 0.3) is 10.9 Å². The third kappa shape index (κ3) is 33.2. The van der Waals surface area contributed by atoms with Crippen molar-refractivity contribution >= 4 is 129 Å². The minimum Gasteiger partial charge on any atom is -0.481 e. The molecule has 1 fully saturated rings. The second kappa shape index (κ2) is 48.1. The van der Waals surface area contributed by atoms with Gasteiger partial charge >= 0.3 is 29.8 Å². The van der Waals surface area contributed by atoms with Gasteiger partial charge in [-0.15, -0.1) is 0 Å². The Morgan fingerprint density at radius 2 is 1.18 bits per heavy atom. The van der Waals surface area contributed by atoms with Crippen LogP contribution in [0.4, 0.5) is 0 Å². The predicted octanol–water partition coefficient (Wildman–Crippen LogP) is -5.58. The summed E-state index contributed by atoms with van der Waals surface area (Å²) in [6.07, 6.45) is -5.56. The molecule has 43 heteroatoms. The zero-order valence-corrected chi connectivity index (χ0v) is 64.6. The number of amides is 15. The number of primary amides is 2. The van der Waals surface area contributed by atoms with Crippen LogP contribution in [0.5, 0.6) is 0 Å².